The second-order valence-electron chi connectivity index (χ2n) is 4.69. The quantitative estimate of drug-likeness (QED) is 0.782. The largest absolute Gasteiger partial charge is 0.299 e. The van der Waals surface area contributed by atoms with E-state index in [1.165, 1.54) is 6.07 Å². The molecule has 1 aromatic carbocycles. The second kappa shape index (κ2) is 4.21. The van der Waals surface area contributed by atoms with Gasteiger partial charge in [-0.15, -0.1) is 0 Å². The van der Waals surface area contributed by atoms with Crippen molar-refractivity contribution >= 4 is 5.78 Å². The van der Waals surface area contributed by atoms with E-state index >= 15 is 0 Å². The predicted octanol–water partition coefficient (Wildman–Crippen LogP) is 3.83. The van der Waals surface area contributed by atoms with E-state index < -0.39 is 17.0 Å². The van der Waals surface area contributed by atoms with Gasteiger partial charge in [-0.3, -0.25) is 4.79 Å². The molecule has 17 heavy (non-hydrogen) atoms. The lowest BCUT2D eigenvalue weighted by atomic mass is 9.54. The van der Waals surface area contributed by atoms with Gasteiger partial charge in [-0.05, 0) is 24.5 Å². The van der Waals surface area contributed by atoms with Crippen LogP contribution in [0.1, 0.15) is 44.6 Å². The molecule has 0 aromatic heterocycles. The van der Waals surface area contributed by atoms with E-state index in [0.29, 0.717) is 24.8 Å². The Hall–Kier alpha value is -1.25. The Morgan fingerprint density at radius 3 is 2.47 bits per heavy atom. The molecule has 0 N–H and O–H groups in total. The van der Waals surface area contributed by atoms with Crippen LogP contribution in [0.15, 0.2) is 18.2 Å². The van der Waals surface area contributed by atoms with E-state index in [4.69, 9.17) is 0 Å². The molecule has 1 fully saturated rings. The minimum atomic E-state index is -0.831. The number of carbonyl (C=O) groups excluding carboxylic acids is 1. The van der Waals surface area contributed by atoms with Crippen LogP contribution >= 0.6 is 0 Å². The Bertz CT molecular complexity index is 450. The lowest BCUT2D eigenvalue weighted by molar-refractivity contribution is -0.141. The summed E-state index contributed by atoms with van der Waals surface area (Å²) in [5, 5.41) is 0. The number of hydrogen-bond acceptors (Lipinski definition) is 1. The number of ketones is 1. The first-order valence-corrected chi connectivity index (χ1v) is 6.04. The van der Waals surface area contributed by atoms with Crippen molar-refractivity contribution in [3.63, 3.8) is 0 Å². The Balaban J connectivity index is 2.42. The molecule has 2 rings (SSSR count). The van der Waals surface area contributed by atoms with Crippen LogP contribution in [0.2, 0.25) is 0 Å². The topological polar surface area (TPSA) is 17.1 Å². The third-order valence-electron chi connectivity index (χ3n) is 4.23. The van der Waals surface area contributed by atoms with Gasteiger partial charge in [0, 0.05) is 17.8 Å². The smallest absolute Gasteiger partial charge is 0.162 e. The van der Waals surface area contributed by atoms with Crippen LogP contribution < -0.4 is 0 Å². The van der Waals surface area contributed by atoms with Crippen LogP contribution in [0.4, 0.5) is 8.78 Å². The molecule has 1 nitrogen and oxygen atoms in total. The summed E-state index contributed by atoms with van der Waals surface area (Å²) >= 11 is 0. The molecule has 0 radical (unpaired) electrons. The van der Waals surface area contributed by atoms with E-state index in [-0.39, 0.29) is 11.7 Å². The van der Waals surface area contributed by atoms with Crippen molar-refractivity contribution in [1.29, 1.82) is 0 Å². The number of carbonyl (C=O) groups is 1. The minimum Gasteiger partial charge on any atom is -0.299 e. The molecule has 1 aromatic rings. The third-order valence-corrected chi connectivity index (χ3v) is 4.23. The normalized spacial score (nSPS) is 22.4. The van der Waals surface area contributed by atoms with Gasteiger partial charge < -0.3 is 0 Å². The summed E-state index contributed by atoms with van der Waals surface area (Å²) in [4.78, 5) is 11.8. The van der Waals surface area contributed by atoms with Gasteiger partial charge in [-0.25, -0.2) is 8.78 Å². The monoisotopic (exact) mass is 238 g/mol. The van der Waals surface area contributed by atoms with Gasteiger partial charge in [0.05, 0.1) is 0 Å². The molecule has 1 unspecified atom stereocenters. The number of halogens is 2. The van der Waals surface area contributed by atoms with Crippen LogP contribution in [-0.2, 0) is 4.79 Å². The Morgan fingerprint density at radius 1 is 1.29 bits per heavy atom. The average molecular weight is 238 g/mol. The van der Waals surface area contributed by atoms with Crippen molar-refractivity contribution in [2.75, 3.05) is 0 Å². The van der Waals surface area contributed by atoms with Crippen molar-refractivity contribution in [2.45, 2.75) is 39.0 Å². The second-order valence-corrected chi connectivity index (χ2v) is 4.69. The van der Waals surface area contributed by atoms with Gasteiger partial charge in [-0.1, -0.05) is 26.0 Å². The van der Waals surface area contributed by atoms with Crippen LogP contribution in [0, 0.1) is 17.0 Å². The van der Waals surface area contributed by atoms with E-state index in [1.807, 2.05) is 13.8 Å². The van der Waals surface area contributed by atoms with Gasteiger partial charge in [0.25, 0.3) is 0 Å². The van der Waals surface area contributed by atoms with Crippen molar-refractivity contribution in [3.05, 3.63) is 35.4 Å². The maximum atomic E-state index is 13.7. The molecular formula is C14H16F2O. The number of hydrogen-bond donors (Lipinski definition) is 0. The molecule has 1 aliphatic carbocycles. The molecule has 0 saturated heterocycles. The molecule has 3 heteroatoms. The average Bonchev–Trinajstić information content (AvgIpc) is 2.32. The lowest BCUT2D eigenvalue weighted by Gasteiger charge is -2.47. The van der Waals surface area contributed by atoms with Crippen LogP contribution in [0.25, 0.3) is 0 Å². The summed E-state index contributed by atoms with van der Waals surface area (Å²) in [5.74, 6) is -1.61. The van der Waals surface area contributed by atoms with Gasteiger partial charge in [-0.2, -0.15) is 0 Å². The first-order valence-electron chi connectivity index (χ1n) is 6.04. The summed E-state index contributed by atoms with van der Waals surface area (Å²) in [6.45, 7) is 3.87. The zero-order chi connectivity index (χ0) is 12.6. The highest BCUT2D eigenvalue weighted by Crippen LogP contribution is 2.54. The highest BCUT2D eigenvalue weighted by atomic mass is 19.2. The van der Waals surface area contributed by atoms with Crippen LogP contribution in [-0.4, -0.2) is 5.78 Å². The Kier molecular flexibility index (Phi) is 3.02. The van der Waals surface area contributed by atoms with E-state index in [0.717, 1.165) is 6.07 Å². The highest BCUT2D eigenvalue weighted by Gasteiger charge is 2.53. The molecule has 1 atom stereocenters. The minimum absolute atomic E-state index is 0.166. The number of benzene rings is 1. The van der Waals surface area contributed by atoms with E-state index in [2.05, 4.69) is 0 Å². The van der Waals surface area contributed by atoms with Crippen LogP contribution in [0.3, 0.4) is 0 Å². The van der Waals surface area contributed by atoms with Crippen molar-refractivity contribution in [3.8, 4) is 0 Å². The molecule has 1 aliphatic rings. The van der Waals surface area contributed by atoms with Gasteiger partial charge in [0.2, 0.25) is 0 Å². The fourth-order valence-electron chi connectivity index (χ4n) is 2.98. The summed E-state index contributed by atoms with van der Waals surface area (Å²) in [5.41, 5.74) is -0.123. The summed E-state index contributed by atoms with van der Waals surface area (Å²) in [6, 6.07) is 4.21. The first-order chi connectivity index (χ1) is 8.06. The molecule has 92 valence electrons. The standard InChI is InChI=1S/C14H16F2O/c1-3-14(4-2)10(8-12(14)17)9-6-5-7-11(15)13(9)16/h5-7,10H,3-4,8H2,1-2H3. The number of rotatable bonds is 3. The fourth-order valence-corrected chi connectivity index (χ4v) is 2.98. The van der Waals surface area contributed by atoms with Gasteiger partial charge in [0.1, 0.15) is 5.78 Å². The maximum Gasteiger partial charge on any atom is 0.162 e. The zero-order valence-electron chi connectivity index (χ0n) is 10.1. The van der Waals surface area contributed by atoms with Gasteiger partial charge >= 0.3 is 0 Å². The first kappa shape index (κ1) is 12.2. The fraction of sp³-hybridized carbons (Fsp3) is 0.500. The summed E-state index contributed by atoms with van der Waals surface area (Å²) < 4.78 is 26.9. The van der Waals surface area contributed by atoms with Gasteiger partial charge in [0.15, 0.2) is 11.6 Å². The SMILES string of the molecule is CCC1(CC)C(=O)CC1c1cccc(F)c1F. The van der Waals surface area contributed by atoms with Crippen molar-refractivity contribution in [1.82, 2.24) is 0 Å². The highest BCUT2D eigenvalue weighted by molar-refractivity contribution is 5.93. The maximum absolute atomic E-state index is 13.7. The van der Waals surface area contributed by atoms with E-state index in [9.17, 15) is 13.6 Å². The van der Waals surface area contributed by atoms with Crippen molar-refractivity contribution in [2.24, 2.45) is 5.41 Å². The predicted molar refractivity (Wildman–Crippen MR) is 61.7 cm³/mol. The molecule has 0 spiro atoms. The summed E-state index contributed by atoms with van der Waals surface area (Å²) in [7, 11) is 0. The zero-order valence-corrected chi connectivity index (χ0v) is 10.1. The van der Waals surface area contributed by atoms with E-state index in [1.54, 1.807) is 6.07 Å². The molecule has 0 amide bonds. The third kappa shape index (κ3) is 1.60. The Morgan fingerprint density at radius 2 is 1.94 bits per heavy atom. The molecule has 0 bridgehead atoms. The molecular weight excluding hydrogens is 222 g/mol. The number of Topliss-reactive ketones (excluding diaryl/α,β-unsaturated/α-hetero) is 1. The van der Waals surface area contributed by atoms with Crippen LogP contribution in [0.5, 0.6) is 0 Å². The Labute approximate surface area is 99.8 Å². The van der Waals surface area contributed by atoms with Crippen molar-refractivity contribution < 1.29 is 13.6 Å². The summed E-state index contributed by atoms with van der Waals surface area (Å²) in [6.07, 6.45) is 1.70. The molecule has 0 heterocycles. The molecule has 1 saturated carbocycles. The molecule has 0 aliphatic heterocycles. The lowest BCUT2D eigenvalue weighted by Crippen LogP contribution is -2.47.